The minimum Gasteiger partial charge on any atom is -0.481 e. The summed E-state index contributed by atoms with van der Waals surface area (Å²) in [6.45, 7) is 28.2. The fraction of sp³-hybridized carbons (Fsp3) is 0.857. The first-order valence-electron chi connectivity index (χ1n) is 13.0. The molecule has 0 bridgehead atoms. The number of hydrogen-bond acceptors (Lipinski definition) is 8. The molecule has 0 aromatic carbocycles. The highest BCUT2D eigenvalue weighted by atomic mass is 16.6. The van der Waals surface area contributed by atoms with Crippen molar-refractivity contribution in [3.63, 3.8) is 0 Å². The SMILES string of the molecule is C=O.CC(C)(C)C.CC(C)(C)CCN1[C@@H](CO)C(=O)OC1(C)C.CC(C)(C)CCN[C@@H](CC(=O)O)C(=O)O. The fourth-order valence-electron chi connectivity index (χ4n) is 2.97. The number of aliphatic hydroxyl groups is 1. The Labute approximate surface area is 230 Å². The molecule has 10 heteroatoms. The molecule has 10 nitrogen and oxygen atoms in total. The molecule has 0 radical (unpaired) electrons. The van der Waals surface area contributed by atoms with Crippen molar-refractivity contribution in [3.05, 3.63) is 0 Å². The van der Waals surface area contributed by atoms with Crippen LogP contribution in [0.3, 0.4) is 0 Å². The summed E-state index contributed by atoms with van der Waals surface area (Å²) in [5.41, 5.74) is 0.219. The van der Waals surface area contributed by atoms with E-state index in [0.29, 0.717) is 12.0 Å². The summed E-state index contributed by atoms with van der Waals surface area (Å²) >= 11 is 0. The van der Waals surface area contributed by atoms with Crippen molar-refractivity contribution in [2.75, 3.05) is 19.7 Å². The van der Waals surface area contributed by atoms with Crippen molar-refractivity contribution in [2.45, 2.75) is 120 Å². The molecule has 0 aliphatic carbocycles. The second kappa shape index (κ2) is 17.5. The summed E-state index contributed by atoms with van der Waals surface area (Å²) < 4.78 is 5.26. The third-order valence-corrected chi connectivity index (χ3v) is 4.91. The van der Waals surface area contributed by atoms with E-state index in [9.17, 15) is 19.5 Å². The van der Waals surface area contributed by atoms with Crippen LogP contribution in [0.25, 0.3) is 0 Å². The minimum absolute atomic E-state index is 0.110. The van der Waals surface area contributed by atoms with Gasteiger partial charge in [0.05, 0.1) is 13.0 Å². The maximum atomic E-state index is 11.5. The number of ether oxygens (including phenoxy) is 1. The smallest absolute Gasteiger partial charge is 0.327 e. The van der Waals surface area contributed by atoms with E-state index in [1.54, 1.807) is 0 Å². The summed E-state index contributed by atoms with van der Waals surface area (Å²) in [6.07, 6.45) is 1.37. The fourth-order valence-corrected chi connectivity index (χ4v) is 2.97. The Hall–Kier alpha value is -2.04. The van der Waals surface area contributed by atoms with Gasteiger partial charge in [-0.15, -0.1) is 0 Å². The van der Waals surface area contributed by atoms with Crippen molar-refractivity contribution < 1.29 is 39.2 Å². The van der Waals surface area contributed by atoms with Gasteiger partial charge in [-0.3, -0.25) is 19.3 Å². The van der Waals surface area contributed by atoms with E-state index >= 15 is 0 Å². The van der Waals surface area contributed by atoms with Crippen LogP contribution in [0.2, 0.25) is 0 Å². The summed E-state index contributed by atoms with van der Waals surface area (Å²) in [6, 6.07) is -1.50. The molecule has 1 aliphatic heterocycles. The molecule has 1 aliphatic rings. The van der Waals surface area contributed by atoms with E-state index in [1.165, 1.54) is 0 Å². The first-order chi connectivity index (χ1) is 16.9. The molecular weight excluding hydrogens is 492 g/mol. The topological polar surface area (TPSA) is 153 Å². The molecule has 0 saturated carbocycles. The Morgan fingerprint density at radius 2 is 1.39 bits per heavy atom. The first kappa shape index (κ1) is 40.5. The Morgan fingerprint density at radius 3 is 1.71 bits per heavy atom. The Morgan fingerprint density at radius 1 is 0.974 bits per heavy atom. The number of carboxylic acid groups (broad SMARTS) is 2. The molecule has 2 atom stereocenters. The predicted octanol–water partition coefficient (Wildman–Crippen LogP) is 4.19. The van der Waals surface area contributed by atoms with Gasteiger partial charge in [0, 0.05) is 6.54 Å². The van der Waals surface area contributed by atoms with Crippen LogP contribution in [0.15, 0.2) is 0 Å². The lowest BCUT2D eigenvalue weighted by molar-refractivity contribution is -0.149. The van der Waals surface area contributed by atoms with Gasteiger partial charge in [-0.1, -0.05) is 69.2 Å². The van der Waals surface area contributed by atoms with E-state index in [4.69, 9.17) is 19.7 Å². The van der Waals surface area contributed by atoms with Crippen LogP contribution in [0.5, 0.6) is 0 Å². The quantitative estimate of drug-likeness (QED) is 0.308. The lowest BCUT2D eigenvalue weighted by Gasteiger charge is -2.33. The van der Waals surface area contributed by atoms with Gasteiger partial charge < -0.3 is 30.2 Å². The molecule has 0 aromatic heterocycles. The third-order valence-electron chi connectivity index (χ3n) is 4.91. The molecule has 0 amide bonds. The predicted molar refractivity (Wildman–Crippen MR) is 150 cm³/mol. The minimum atomic E-state index is -1.12. The molecule has 226 valence electrons. The summed E-state index contributed by atoms with van der Waals surface area (Å²) in [4.78, 5) is 42.5. The highest BCUT2D eigenvalue weighted by molar-refractivity contribution is 5.80. The van der Waals surface area contributed by atoms with Crippen LogP contribution < -0.4 is 5.32 Å². The number of carbonyl (C=O) groups excluding carboxylic acids is 2. The van der Waals surface area contributed by atoms with Gasteiger partial charge >= 0.3 is 17.9 Å². The van der Waals surface area contributed by atoms with Gasteiger partial charge in [-0.25, -0.2) is 0 Å². The maximum absolute atomic E-state index is 11.5. The maximum Gasteiger partial charge on any atom is 0.327 e. The number of hydrogen-bond donors (Lipinski definition) is 4. The van der Waals surface area contributed by atoms with Crippen LogP contribution in [0.4, 0.5) is 0 Å². The molecule has 38 heavy (non-hydrogen) atoms. The van der Waals surface area contributed by atoms with E-state index in [1.807, 2.05) is 46.3 Å². The molecule has 0 unspecified atom stereocenters. The van der Waals surface area contributed by atoms with E-state index in [2.05, 4.69) is 53.8 Å². The molecule has 1 fully saturated rings. The molecule has 1 heterocycles. The molecule has 0 aromatic rings. The van der Waals surface area contributed by atoms with E-state index < -0.39 is 29.7 Å². The first-order valence-corrected chi connectivity index (χ1v) is 13.0. The number of aliphatic hydroxyl groups excluding tert-OH is 1. The number of nitrogens with zero attached hydrogens (tertiary/aromatic N) is 1. The number of carbonyl (C=O) groups is 4. The highest BCUT2D eigenvalue weighted by Gasteiger charge is 2.47. The summed E-state index contributed by atoms with van der Waals surface area (Å²) in [7, 11) is 0. The van der Waals surface area contributed by atoms with Crippen LogP contribution in [0.1, 0.15) is 102 Å². The standard InChI is InChI=1S/C12H23NO3.C10H19NO4.C5H12.CH2O/c1-11(2,3)6-7-13-9(8-14)10(15)16-12(13,4)5;1-10(2,3)4-5-11-7(9(14)15)6-8(12)13;1-5(2,3)4;1-2/h9,14H,6-8H2,1-5H3;7,11H,4-6H2,1-3H3,(H,12,13)(H,14,15);1-4H3;1H2/t9-;7-;;/m00../s1. The molecule has 1 saturated heterocycles. The van der Waals surface area contributed by atoms with Crippen molar-refractivity contribution in [2.24, 2.45) is 16.2 Å². The van der Waals surface area contributed by atoms with Crippen LogP contribution in [-0.4, -0.2) is 82.4 Å². The van der Waals surface area contributed by atoms with Gasteiger partial charge in [-0.05, 0) is 49.5 Å². The van der Waals surface area contributed by atoms with Crippen molar-refractivity contribution >= 4 is 24.7 Å². The van der Waals surface area contributed by atoms with E-state index in [-0.39, 0.29) is 29.8 Å². The lowest BCUT2D eigenvalue weighted by atomic mass is 9.91. The largest absolute Gasteiger partial charge is 0.481 e. The zero-order valence-electron chi connectivity index (χ0n) is 25.9. The van der Waals surface area contributed by atoms with Crippen molar-refractivity contribution in [1.82, 2.24) is 10.2 Å². The van der Waals surface area contributed by atoms with Crippen LogP contribution >= 0.6 is 0 Å². The van der Waals surface area contributed by atoms with Crippen molar-refractivity contribution in [1.29, 1.82) is 0 Å². The third kappa shape index (κ3) is 23.1. The number of nitrogens with one attached hydrogen (secondary N) is 1. The van der Waals surface area contributed by atoms with Gasteiger partial charge in [0.15, 0.2) is 5.72 Å². The second-order valence-corrected chi connectivity index (χ2v) is 13.8. The zero-order valence-corrected chi connectivity index (χ0v) is 25.9. The number of aliphatic carboxylic acids is 2. The monoisotopic (exact) mass is 548 g/mol. The van der Waals surface area contributed by atoms with Gasteiger partial charge in [0.25, 0.3) is 0 Å². The zero-order chi connectivity index (χ0) is 31.1. The molecular formula is C28H56N2O8. The van der Waals surface area contributed by atoms with Gasteiger partial charge in [-0.2, -0.15) is 0 Å². The van der Waals surface area contributed by atoms with Gasteiger partial charge in [0.2, 0.25) is 0 Å². The molecule has 0 spiro atoms. The summed E-state index contributed by atoms with van der Waals surface area (Å²) in [5.74, 6) is -2.54. The van der Waals surface area contributed by atoms with Crippen molar-refractivity contribution in [3.8, 4) is 0 Å². The average molecular weight is 549 g/mol. The molecule has 1 rings (SSSR count). The Balaban J connectivity index is -0.000000520. The normalized spacial score (nSPS) is 17.9. The lowest BCUT2D eigenvalue weighted by Crippen LogP contribution is -2.46. The number of esters is 1. The van der Waals surface area contributed by atoms with E-state index in [0.717, 1.165) is 19.4 Å². The number of carboxylic acids is 2. The Bertz CT molecular complexity index is 697. The average Bonchev–Trinajstić information content (AvgIpc) is 2.91. The second-order valence-electron chi connectivity index (χ2n) is 13.8. The van der Waals surface area contributed by atoms with Crippen LogP contribution in [-0.2, 0) is 23.9 Å². The summed E-state index contributed by atoms with van der Waals surface area (Å²) in [5, 5.41) is 29.2. The number of rotatable bonds is 9. The number of cyclic esters (lactones) is 1. The Kier molecular flexibility index (Phi) is 18.7. The molecule has 4 N–H and O–H groups in total. The van der Waals surface area contributed by atoms with Crippen LogP contribution in [0, 0.1) is 16.2 Å². The van der Waals surface area contributed by atoms with Gasteiger partial charge in [0.1, 0.15) is 18.9 Å². The highest BCUT2D eigenvalue weighted by Crippen LogP contribution is 2.30.